The molecule has 1 aromatic heterocycles. The van der Waals surface area contributed by atoms with Gasteiger partial charge in [0.05, 0.1) is 18.0 Å². The SMILES string of the molecule is CCn1nc(C)cc1COc1ccc(CO)cc1. The second-order valence-corrected chi connectivity index (χ2v) is 4.18. The molecule has 96 valence electrons. The minimum Gasteiger partial charge on any atom is -0.487 e. The van der Waals surface area contributed by atoms with E-state index in [2.05, 4.69) is 12.0 Å². The zero-order valence-electron chi connectivity index (χ0n) is 10.8. The summed E-state index contributed by atoms with van der Waals surface area (Å²) in [5.41, 5.74) is 2.96. The summed E-state index contributed by atoms with van der Waals surface area (Å²) in [7, 11) is 0. The van der Waals surface area contributed by atoms with E-state index in [4.69, 9.17) is 9.84 Å². The maximum Gasteiger partial charge on any atom is 0.130 e. The predicted octanol–water partition coefficient (Wildman–Crippen LogP) is 2.28. The molecule has 0 saturated carbocycles. The fraction of sp³-hybridized carbons (Fsp3) is 0.357. The monoisotopic (exact) mass is 246 g/mol. The average Bonchev–Trinajstić information content (AvgIpc) is 2.77. The molecule has 0 spiro atoms. The Morgan fingerprint density at radius 1 is 1.28 bits per heavy atom. The second kappa shape index (κ2) is 5.69. The molecule has 0 unspecified atom stereocenters. The summed E-state index contributed by atoms with van der Waals surface area (Å²) in [5, 5.41) is 13.3. The van der Waals surface area contributed by atoms with Crippen molar-refractivity contribution in [2.75, 3.05) is 0 Å². The first-order chi connectivity index (χ1) is 8.72. The number of benzene rings is 1. The van der Waals surface area contributed by atoms with E-state index in [1.807, 2.05) is 41.9 Å². The number of nitrogens with zero attached hydrogens (tertiary/aromatic N) is 2. The highest BCUT2D eigenvalue weighted by molar-refractivity contribution is 5.27. The molecular formula is C14H18N2O2. The van der Waals surface area contributed by atoms with Crippen molar-refractivity contribution in [1.82, 2.24) is 9.78 Å². The number of rotatable bonds is 5. The standard InChI is InChI=1S/C14H18N2O2/c1-3-16-13(8-11(2)15-16)10-18-14-6-4-12(9-17)5-7-14/h4-8,17H,3,9-10H2,1-2H3. The van der Waals surface area contributed by atoms with Gasteiger partial charge in [-0.1, -0.05) is 12.1 Å². The molecule has 0 atom stereocenters. The van der Waals surface area contributed by atoms with Gasteiger partial charge in [0, 0.05) is 6.54 Å². The molecule has 2 aromatic rings. The van der Waals surface area contributed by atoms with Crippen LogP contribution in [0.3, 0.4) is 0 Å². The van der Waals surface area contributed by atoms with Crippen molar-refractivity contribution < 1.29 is 9.84 Å². The lowest BCUT2D eigenvalue weighted by molar-refractivity contribution is 0.279. The summed E-state index contributed by atoms with van der Waals surface area (Å²) < 4.78 is 7.65. The van der Waals surface area contributed by atoms with E-state index in [-0.39, 0.29) is 6.61 Å². The third-order valence-electron chi connectivity index (χ3n) is 2.78. The molecule has 0 aliphatic heterocycles. The first-order valence-corrected chi connectivity index (χ1v) is 6.09. The van der Waals surface area contributed by atoms with Crippen LogP contribution in [-0.4, -0.2) is 14.9 Å². The highest BCUT2D eigenvalue weighted by Crippen LogP contribution is 2.14. The largest absolute Gasteiger partial charge is 0.487 e. The molecule has 0 aliphatic rings. The lowest BCUT2D eigenvalue weighted by atomic mass is 10.2. The summed E-state index contributed by atoms with van der Waals surface area (Å²) in [6, 6.07) is 9.48. The van der Waals surface area contributed by atoms with Crippen LogP contribution < -0.4 is 4.74 Å². The minimum absolute atomic E-state index is 0.0576. The van der Waals surface area contributed by atoms with Gasteiger partial charge in [0.2, 0.25) is 0 Å². The molecule has 0 fully saturated rings. The Morgan fingerprint density at radius 2 is 2.00 bits per heavy atom. The Labute approximate surface area is 107 Å². The molecule has 4 heteroatoms. The maximum atomic E-state index is 8.96. The molecule has 1 heterocycles. The number of aliphatic hydroxyl groups excluding tert-OH is 1. The number of ether oxygens (including phenoxy) is 1. The van der Waals surface area contributed by atoms with E-state index < -0.39 is 0 Å². The summed E-state index contributed by atoms with van der Waals surface area (Å²) in [4.78, 5) is 0. The number of aryl methyl sites for hydroxylation is 2. The fourth-order valence-corrected chi connectivity index (χ4v) is 1.84. The van der Waals surface area contributed by atoms with Crippen molar-refractivity contribution in [3.63, 3.8) is 0 Å². The van der Waals surface area contributed by atoms with E-state index in [0.29, 0.717) is 6.61 Å². The van der Waals surface area contributed by atoms with E-state index >= 15 is 0 Å². The van der Waals surface area contributed by atoms with E-state index in [1.54, 1.807) is 0 Å². The van der Waals surface area contributed by atoms with Crippen LogP contribution in [0.2, 0.25) is 0 Å². The summed E-state index contributed by atoms with van der Waals surface area (Å²) >= 11 is 0. The molecule has 0 saturated heterocycles. The van der Waals surface area contributed by atoms with Gasteiger partial charge in [0.1, 0.15) is 12.4 Å². The minimum atomic E-state index is 0.0576. The highest BCUT2D eigenvalue weighted by atomic mass is 16.5. The van der Waals surface area contributed by atoms with Gasteiger partial charge in [0.25, 0.3) is 0 Å². The second-order valence-electron chi connectivity index (χ2n) is 4.18. The topological polar surface area (TPSA) is 47.3 Å². The van der Waals surface area contributed by atoms with Gasteiger partial charge in [-0.3, -0.25) is 4.68 Å². The van der Waals surface area contributed by atoms with Crippen LogP contribution >= 0.6 is 0 Å². The summed E-state index contributed by atoms with van der Waals surface area (Å²) in [6.07, 6.45) is 0. The Hall–Kier alpha value is -1.81. The third-order valence-corrected chi connectivity index (χ3v) is 2.78. The molecule has 0 amide bonds. The number of aliphatic hydroxyl groups is 1. The van der Waals surface area contributed by atoms with Crippen molar-refractivity contribution in [1.29, 1.82) is 0 Å². The quantitative estimate of drug-likeness (QED) is 0.880. The van der Waals surface area contributed by atoms with Crippen molar-refractivity contribution in [2.45, 2.75) is 33.6 Å². The fourth-order valence-electron chi connectivity index (χ4n) is 1.84. The molecule has 2 rings (SSSR count). The Bertz CT molecular complexity index is 503. The van der Waals surface area contributed by atoms with Gasteiger partial charge in [-0.15, -0.1) is 0 Å². The molecule has 0 aliphatic carbocycles. The van der Waals surface area contributed by atoms with Gasteiger partial charge in [-0.2, -0.15) is 5.10 Å². The van der Waals surface area contributed by atoms with Gasteiger partial charge >= 0.3 is 0 Å². The number of aromatic nitrogens is 2. The normalized spacial score (nSPS) is 10.6. The first-order valence-electron chi connectivity index (χ1n) is 6.09. The molecule has 0 bridgehead atoms. The van der Waals surface area contributed by atoms with Crippen LogP contribution in [0.15, 0.2) is 30.3 Å². The molecular weight excluding hydrogens is 228 g/mol. The van der Waals surface area contributed by atoms with Gasteiger partial charge in [0.15, 0.2) is 0 Å². The van der Waals surface area contributed by atoms with Crippen LogP contribution in [0, 0.1) is 6.92 Å². The Kier molecular flexibility index (Phi) is 3.99. The lowest BCUT2D eigenvalue weighted by Crippen LogP contribution is -2.06. The first kappa shape index (κ1) is 12.6. The zero-order chi connectivity index (χ0) is 13.0. The van der Waals surface area contributed by atoms with Crippen molar-refractivity contribution in [3.8, 4) is 5.75 Å². The Balaban J connectivity index is 2.01. The van der Waals surface area contributed by atoms with Crippen molar-refractivity contribution in [3.05, 3.63) is 47.3 Å². The molecule has 0 radical (unpaired) electrons. The van der Waals surface area contributed by atoms with E-state index in [9.17, 15) is 0 Å². The van der Waals surface area contributed by atoms with E-state index in [0.717, 1.165) is 29.2 Å². The van der Waals surface area contributed by atoms with Crippen LogP contribution in [-0.2, 0) is 19.8 Å². The van der Waals surface area contributed by atoms with Crippen LogP contribution in [0.25, 0.3) is 0 Å². The molecule has 4 nitrogen and oxygen atoms in total. The van der Waals surface area contributed by atoms with E-state index in [1.165, 1.54) is 0 Å². The van der Waals surface area contributed by atoms with Crippen LogP contribution in [0.5, 0.6) is 5.75 Å². The lowest BCUT2D eigenvalue weighted by Gasteiger charge is -2.08. The summed E-state index contributed by atoms with van der Waals surface area (Å²) in [5.74, 6) is 0.800. The average molecular weight is 246 g/mol. The van der Waals surface area contributed by atoms with Crippen LogP contribution in [0.1, 0.15) is 23.9 Å². The molecule has 1 N–H and O–H groups in total. The highest BCUT2D eigenvalue weighted by Gasteiger charge is 2.04. The number of hydrogen-bond donors (Lipinski definition) is 1. The van der Waals surface area contributed by atoms with Gasteiger partial charge in [-0.25, -0.2) is 0 Å². The zero-order valence-corrected chi connectivity index (χ0v) is 10.8. The third kappa shape index (κ3) is 2.90. The maximum absolute atomic E-state index is 8.96. The number of hydrogen-bond acceptors (Lipinski definition) is 3. The smallest absolute Gasteiger partial charge is 0.130 e. The predicted molar refractivity (Wildman–Crippen MR) is 69.3 cm³/mol. The summed E-state index contributed by atoms with van der Waals surface area (Å²) in [6.45, 7) is 5.45. The Morgan fingerprint density at radius 3 is 2.61 bits per heavy atom. The van der Waals surface area contributed by atoms with Crippen molar-refractivity contribution >= 4 is 0 Å². The molecule has 1 aromatic carbocycles. The van der Waals surface area contributed by atoms with Gasteiger partial charge < -0.3 is 9.84 Å². The molecule has 18 heavy (non-hydrogen) atoms. The van der Waals surface area contributed by atoms with Crippen LogP contribution in [0.4, 0.5) is 0 Å². The van der Waals surface area contributed by atoms with Crippen molar-refractivity contribution in [2.24, 2.45) is 0 Å². The van der Waals surface area contributed by atoms with Gasteiger partial charge in [-0.05, 0) is 37.6 Å².